The predicted octanol–water partition coefficient (Wildman–Crippen LogP) is 2.11. The fraction of sp³-hybridized carbons (Fsp3) is 0.143. The predicted molar refractivity (Wildman–Crippen MR) is 42.3 cm³/mol. The number of aromatic nitrogens is 2. The van der Waals surface area contributed by atoms with Gasteiger partial charge in [0.25, 0.3) is 0 Å². The molecule has 0 fully saturated rings. The van der Waals surface area contributed by atoms with Gasteiger partial charge in [-0.15, -0.1) is 11.3 Å². The molecular formula is C7H6N2OS. The summed E-state index contributed by atoms with van der Waals surface area (Å²) < 4.78 is 5.07. The van der Waals surface area contributed by atoms with E-state index in [-0.39, 0.29) is 0 Å². The smallest absolute Gasteiger partial charge is 0.182 e. The fourth-order valence-electron chi connectivity index (χ4n) is 0.789. The lowest BCUT2D eigenvalue weighted by atomic mass is 10.5. The van der Waals surface area contributed by atoms with Gasteiger partial charge in [0.15, 0.2) is 17.2 Å². The molecule has 2 aromatic rings. The highest BCUT2D eigenvalue weighted by molar-refractivity contribution is 7.13. The van der Waals surface area contributed by atoms with E-state index >= 15 is 0 Å². The molecule has 4 heteroatoms. The summed E-state index contributed by atoms with van der Waals surface area (Å²) in [5.41, 5.74) is 1.02. The van der Waals surface area contributed by atoms with Crippen molar-refractivity contribution in [3.05, 3.63) is 23.7 Å². The topological polar surface area (TPSA) is 38.9 Å². The van der Waals surface area contributed by atoms with Gasteiger partial charge in [0.2, 0.25) is 0 Å². The van der Waals surface area contributed by atoms with Gasteiger partial charge in [0.05, 0.1) is 6.20 Å². The fourth-order valence-corrected chi connectivity index (χ4v) is 1.54. The maximum absolute atomic E-state index is 5.07. The van der Waals surface area contributed by atoms with Gasteiger partial charge in [0, 0.05) is 11.1 Å². The Labute approximate surface area is 67.7 Å². The van der Waals surface area contributed by atoms with Crippen LogP contribution in [-0.2, 0) is 0 Å². The molecule has 3 nitrogen and oxygen atoms in total. The summed E-state index contributed by atoms with van der Waals surface area (Å²) in [6, 6.07) is 0. The third-order valence-corrected chi connectivity index (χ3v) is 2.24. The second kappa shape index (κ2) is 2.47. The molecule has 0 N–H and O–H groups in total. The zero-order valence-electron chi connectivity index (χ0n) is 5.94. The summed E-state index contributed by atoms with van der Waals surface area (Å²) in [6.45, 7) is 1.95. The van der Waals surface area contributed by atoms with Crippen molar-refractivity contribution >= 4 is 11.3 Å². The minimum Gasteiger partial charge on any atom is -0.441 e. The van der Waals surface area contributed by atoms with Crippen LogP contribution in [-0.4, -0.2) is 9.97 Å². The first kappa shape index (κ1) is 6.54. The molecule has 0 saturated carbocycles. The largest absolute Gasteiger partial charge is 0.441 e. The number of oxazole rings is 1. The molecule has 2 heterocycles. The van der Waals surface area contributed by atoms with E-state index in [2.05, 4.69) is 9.97 Å². The molecule has 0 bridgehead atoms. The molecule has 0 aliphatic heterocycles. The van der Waals surface area contributed by atoms with Crippen LogP contribution in [0.4, 0.5) is 0 Å². The Morgan fingerprint density at radius 2 is 2.45 bits per heavy atom. The van der Waals surface area contributed by atoms with Crippen LogP contribution in [0.15, 0.2) is 22.4 Å². The van der Waals surface area contributed by atoms with Crippen molar-refractivity contribution in [2.24, 2.45) is 0 Å². The Morgan fingerprint density at radius 3 is 3.00 bits per heavy atom. The zero-order valence-corrected chi connectivity index (χ0v) is 6.76. The van der Waals surface area contributed by atoms with Crippen molar-refractivity contribution < 1.29 is 4.42 Å². The number of aryl methyl sites for hydroxylation is 1. The molecule has 0 spiro atoms. The Hall–Kier alpha value is -1.16. The average molecular weight is 166 g/mol. The molecule has 56 valence electrons. The molecule has 0 unspecified atom stereocenters. The van der Waals surface area contributed by atoms with E-state index in [9.17, 15) is 0 Å². The van der Waals surface area contributed by atoms with Gasteiger partial charge in [-0.1, -0.05) is 0 Å². The van der Waals surface area contributed by atoms with Crippen LogP contribution < -0.4 is 0 Å². The number of hydrogen-bond acceptors (Lipinski definition) is 4. The maximum Gasteiger partial charge on any atom is 0.182 e. The van der Waals surface area contributed by atoms with Crippen molar-refractivity contribution in [2.75, 3.05) is 0 Å². The molecule has 2 aromatic heterocycles. The summed E-state index contributed by atoms with van der Waals surface area (Å²) in [7, 11) is 0. The SMILES string of the molecule is Cc1csc(-c2cnco2)n1. The van der Waals surface area contributed by atoms with E-state index in [0.717, 1.165) is 16.5 Å². The van der Waals surface area contributed by atoms with Gasteiger partial charge >= 0.3 is 0 Å². The van der Waals surface area contributed by atoms with E-state index < -0.39 is 0 Å². The first-order valence-electron chi connectivity index (χ1n) is 3.17. The van der Waals surface area contributed by atoms with Crippen LogP contribution in [0.3, 0.4) is 0 Å². The monoisotopic (exact) mass is 166 g/mol. The third kappa shape index (κ3) is 1.17. The second-order valence-corrected chi connectivity index (χ2v) is 3.02. The molecule has 0 aliphatic rings. The summed E-state index contributed by atoms with van der Waals surface area (Å²) in [5.74, 6) is 0.739. The molecule has 0 amide bonds. The lowest BCUT2D eigenvalue weighted by Crippen LogP contribution is -1.71. The molecule has 2 rings (SSSR count). The Bertz CT molecular complexity index is 339. The van der Waals surface area contributed by atoms with Gasteiger partial charge in [0.1, 0.15) is 0 Å². The Balaban J connectivity index is 2.45. The van der Waals surface area contributed by atoms with Crippen molar-refractivity contribution in [3.8, 4) is 10.8 Å². The molecule has 0 aliphatic carbocycles. The normalized spacial score (nSPS) is 10.3. The maximum atomic E-state index is 5.07. The van der Waals surface area contributed by atoms with Crippen LogP contribution >= 0.6 is 11.3 Å². The van der Waals surface area contributed by atoms with Crippen LogP contribution in [0, 0.1) is 6.92 Å². The summed E-state index contributed by atoms with van der Waals surface area (Å²) in [4.78, 5) is 8.05. The van der Waals surface area contributed by atoms with Gasteiger partial charge < -0.3 is 4.42 Å². The lowest BCUT2D eigenvalue weighted by molar-refractivity contribution is 0.571. The van der Waals surface area contributed by atoms with Gasteiger partial charge in [-0.05, 0) is 6.92 Å². The average Bonchev–Trinajstić information content (AvgIpc) is 2.55. The van der Waals surface area contributed by atoms with Gasteiger partial charge in [-0.2, -0.15) is 0 Å². The van der Waals surface area contributed by atoms with Crippen LogP contribution in [0.5, 0.6) is 0 Å². The summed E-state index contributed by atoms with van der Waals surface area (Å²) in [5, 5.41) is 2.87. The highest BCUT2D eigenvalue weighted by Gasteiger charge is 2.04. The highest BCUT2D eigenvalue weighted by atomic mass is 32.1. The first-order valence-corrected chi connectivity index (χ1v) is 4.05. The minimum absolute atomic E-state index is 0.739. The second-order valence-electron chi connectivity index (χ2n) is 2.16. The third-order valence-electron chi connectivity index (χ3n) is 1.26. The van der Waals surface area contributed by atoms with Crippen LogP contribution in [0.2, 0.25) is 0 Å². The van der Waals surface area contributed by atoms with Crippen molar-refractivity contribution in [3.63, 3.8) is 0 Å². The van der Waals surface area contributed by atoms with E-state index in [1.165, 1.54) is 6.39 Å². The lowest BCUT2D eigenvalue weighted by Gasteiger charge is -1.83. The van der Waals surface area contributed by atoms with E-state index in [0.29, 0.717) is 0 Å². The van der Waals surface area contributed by atoms with E-state index in [4.69, 9.17) is 4.42 Å². The van der Waals surface area contributed by atoms with Gasteiger partial charge in [-0.3, -0.25) is 0 Å². The number of rotatable bonds is 1. The highest BCUT2D eigenvalue weighted by Crippen LogP contribution is 2.22. The molecule has 0 saturated heterocycles. The quantitative estimate of drug-likeness (QED) is 0.651. The Morgan fingerprint density at radius 1 is 1.55 bits per heavy atom. The van der Waals surface area contributed by atoms with Crippen LogP contribution in [0.25, 0.3) is 10.8 Å². The summed E-state index contributed by atoms with van der Waals surface area (Å²) in [6.07, 6.45) is 3.07. The number of nitrogens with zero attached hydrogens (tertiary/aromatic N) is 2. The van der Waals surface area contributed by atoms with E-state index in [1.54, 1.807) is 17.5 Å². The minimum atomic E-state index is 0.739. The molecule has 0 atom stereocenters. The Kier molecular flexibility index (Phi) is 1.47. The van der Waals surface area contributed by atoms with Crippen molar-refractivity contribution in [2.45, 2.75) is 6.92 Å². The molecular weight excluding hydrogens is 160 g/mol. The van der Waals surface area contributed by atoms with Crippen molar-refractivity contribution in [1.29, 1.82) is 0 Å². The molecule has 0 aromatic carbocycles. The molecule has 0 radical (unpaired) electrons. The number of thiazole rings is 1. The number of hydrogen-bond donors (Lipinski definition) is 0. The van der Waals surface area contributed by atoms with Crippen LogP contribution in [0.1, 0.15) is 5.69 Å². The first-order chi connectivity index (χ1) is 5.36. The zero-order chi connectivity index (χ0) is 7.68. The summed E-state index contributed by atoms with van der Waals surface area (Å²) >= 11 is 1.56. The standard InChI is InChI=1S/C7H6N2OS/c1-5-3-11-7(9-5)6-2-8-4-10-6/h2-4H,1H3. The molecule has 11 heavy (non-hydrogen) atoms. The van der Waals surface area contributed by atoms with Crippen molar-refractivity contribution in [1.82, 2.24) is 9.97 Å². The van der Waals surface area contributed by atoms with Gasteiger partial charge in [-0.25, -0.2) is 9.97 Å². The van der Waals surface area contributed by atoms with E-state index in [1.807, 2.05) is 12.3 Å².